The minimum atomic E-state index is -5.15. The lowest BCUT2D eigenvalue weighted by atomic mass is 9.83. The van der Waals surface area contributed by atoms with Crippen LogP contribution in [0.5, 0.6) is 0 Å². The average Bonchev–Trinajstić information content (AvgIpc) is 3.40. The number of carbonyl (C=O) groups is 5. The molecular formula is C31H44F3N5O6S. The summed E-state index contributed by atoms with van der Waals surface area (Å²) in [6, 6.07) is -3.25. The Hall–Kier alpha value is -2.55. The van der Waals surface area contributed by atoms with Gasteiger partial charge >= 0.3 is 12.1 Å². The normalized spacial score (nSPS) is 32.8. The van der Waals surface area contributed by atoms with Gasteiger partial charge in [0.25, 0.3) is 10.8 Å². The summed E-state index contributed by atoms with van der Waals surface area (Å²) >= 11 is 0.951. The maximum atomic E-state index is 14.3. The molecule has 0 bridgehead atoms. The Morgan fingerprint density at radius 2 is 1.65 bits per heavy atom. The summed E-state index contributed by atoms with van der Waals surface area (Å²) < 4.78 is 45.9. The molecule has 3 aliphatic carbocycles. The van der Waals surface area contributed by atoms with E-state index in [-0.39, 0.29) is 42.7 Å². The lowest BCUT2D eigenvalue weighted by molar-refractivity contribution is -0.175. The van der Waals surface area contributed by atoms with Crippen LogP contribution in [0.25, 0.3) is 0 Å². The predicted octanol–water partition coefficient (Wildman–Crippen LogP) is 2.69. The van der Waals surface area contributed by atoms with Crippen molar-refractivity contribution in [3.05, 3.63) is 0 Å². The van der Waals surface area contributed by atoms with E-state index in [1.54, 1.807) is 0 Å². The van der Waals surface area contributed by atoms with E-state index in [1.165, 1.54) is 4.90 Å². The van der Waals surface area contributed by atoms with E-state index < -0.39 is 58.8 Å². The van der Waals surface area contributed by atoms with Gasteiger partial charge in [-0.15, -0.1) is 0 Å². The van der Waals surface area contributed by atoms with Crippen LogP contribution in [-0.2, 0) is 28.2 Å². The van der Waals surface area contributed by atoms with E-state index in [0.717, 1.165) is 69.8 Å². The molecule has 3 saturated heterocycles. The van der Waals surface area contributed by atoms with Crippen molar-refractivity contribution in [1.82, 2.24) is 26.2 Å². The summed E-state index contributed by atoms with van der Waals surface area (Å²) in [5.74, 6) is -5.00. The minimum Gasteiger partial charge on any atom is -0.356 e. The molecule has 11 nitrogen and oxygen atoms in total. The van der Waals surface area contributed by atoms with Crippen molar-refractivity contribution in [2.45, 2.75) is 125 Å². The van der Waals surface area contributed by atoms with Crippen LogP contribution in [0.1, 0.15) is 89.9 Å². The molecule has 6 aliphatic rings. The molecule has 3 saturated carbocycles. The van der Waals surface area contributed by atoms with Gasteiger partial charge in [0.1, 0.15) is 12.1 Å². The maximum Gasteiger partial charge on any atom is 0.471 e. The molecule has 0 aromatic rings. The number of rotatable bonds is 10. The lowest BCUT2D eigenvalue weighted by Crippen LogP contribution is -2.61. The molecule has 256 valence electrons. The van der Waals surface area contributed by atoms with Gasteiger partial charge in [-0.3, -0.25) is 28.2 Å². The van der Waals surface area contributed by atoms with Crippen molar-refractivity contribution < 1.29 is 41.3 Å². The fraction of sp³-hybridized carbons (Fsp3) is 0.839. The summed E-state index contributed by atoms with van der Waals surface area (Å²) in [6.07, 6.45) is 4.96. The zero-order chi connectivity index (χ0) is 32.6. The fourth-order valence-electron chi connectivity index (χ4n) is 8.59. The molecule has 0 spiro atoms. The molecule has 6 fully saturated rings. The number of amides is 5. The first-order valence-electron chi connectivity index (χ1n) is 16.9. The SMILES string of the molecule is O=C1NCC[C@H]1C[C@H](NC(=O)[C@@H]1[C@H]2CCC[C@H]2CN1C(=O)[C@@H](NC(=O)C(F)(F)F)C1CCCCC1)[C@]1(C(=O)NC2CCCC2)OS1. The summed E-state index contributed by atoms with van der Waals surface area (Å²) in [7, 11) is 0. The second kappa shape index (κ2) is 13.5. The third kappa shape index (κ3) is 6.86. The van der Waals surface area contributed by atoms with E-state index in [4.69, 9.17) is 4.18 Å². The van der Waals surface area contributed by atoms with Crippen molar-refractivity contribution in [2.24, 2.45) is 23.7 Å². The second-order valence-corrected chi connectivity index (χ2v) is 14.9. The van der Waals surface area contributed by atoms with Crippen LogP contribution < -0.4 is 21.3 Å². The van der Waals surface area contributed by atoms with Crippen molar-refractivity contribution >= 4 is 41.6 Å². The zero-order valence-electron chi connectivity index (χ0n) is 25.9. The molecule has 46 heavy (non-hydrogen) atoms. The Labute approximate surface area is 270 Å². The van der Waals surface area contributed by atoms with E-state index in [1.807, 2.05) is 5.32 Å². The first-order chi connectivity index (χ1) is 22.0. The van der Waals surface area contributed by atoms with Gasteiger partial charge in [-0.25, -0.2) is 0 Å². The lowest BCUT2D eigenvalue weighted by Gasteiger charge is -2.36. The molecule has 15 heteroatoms. The summed E-state index contributed by atoms with van der Waals surface area (Å²) in [4.78, 5) is 66.7. The molecule has 0 unspecified atom stereocenters. The molecule has 6 rings (SSSR count). The van der Waals surface area contributed by atoms with Crippen LogP contribution in [0.15, 0.2) is 0 Å². The second-order valence-electron chi connectivity index (χ2n) is 14.0. The molecule has 4 N–H and O–H groups in total. The van der Waals surface area contributed by atoms with Crippen LogP contribution in [0.3, 0.4) is 0 Å². The van der Waals surface area contributed by atoms with Gasteiger partial charge in [0.05, 0.1) is 6.04 Å². The number of likely N-dealkylation sites (tertiary alicyclic amines) is 1. The van der Waals surface area contributed by atoms with Crippen molar-refractivity contribution in [3.63, 3.8) is 0 Å². The van der Waals surface area contributed by atoms with Crippen molar-refractivity contribution in [1.29, 1.82) is 0 Å². The minimum absolute atomic E-state index is 0.00439. The van der Waals surface area contributed by atoms with E-state index >= 15 is 0 Å². The van der Waals surface area contributed by atoms with Crippen LogP contribution in [-0.4, -0.2) is 82.8 Å². The first-order valence-corrected chi connectivity index (χ1v) is 17.7. The molecule has 7 atom stereocenters. The number of hydrogen-bond acceptors (Lipinski definition) is 7. The number of alkyl halides is 3. The summed E-state index contributed by atoms with van der Waals surface area (Å²) in [5.41, 5.74) is 0. The highest BCUT2D eigenvalue weighted by Gasteiger charge is 2.63. The Morgan fingerprint density at radius 3 is 2.28 bits per heavy atom. The Kier molecular flexibility index (Phi) is 9.80. The van der Waals surface area contributed by atoms with Crippen LogP contribution in [0.2, 0.25) is 0 Å². The first kappa shape index (κ1) is 33.4. The van der Waals surface area contributed by atoms with Gasteiger partial charge in [-0.2, -0.15) is 13.2 Å². The quantitative estimate of drug-likeness (QED) is 0.206. The van der Waals surface area contributed by atoms with Gasteiger partial charge in [-0.05, 0) is 69.1 Å². The third-order valence-corrected chi connectivity index (χ3v) is 12.1. The summed E-state index contributed by atoms with van der Waals surface area (Å²) in [5, 5.41) is 10.9. The predicted molar refractivity (Wildman–Crippen MR) is 160 cm³/mol. The molecule has 5 amide bonds. The topological polar surface area (TPSA) is 149 Å². The van der Waals surface area contributed by atoms with Gasteiger partial charge in [0.15, 0.2) is 0 Å². The van der Waals surface area contributed by atoms with E-state index in [0.29, 0.717) is 32.2 Å². The van der Waals surface area contributed by atoms with Gasteiger partial charge in [-0.1, -0.05) is 38.5 Å². The Bertz CT molecular complexity index is 1210. The highest BCUT2D eigenvalue weighted by Crippen LogP contribution is 2.52. The van der Waals surface area contributed by atoms with Gasteiger partial charge < -0.3 is 26.2 Å². The number of carbonyl (C=O) groups excluding carboxylic acids is 5. The monoisotopic (exact) mass is 671 g/mol. The molecule has 3 aliphatic heterocycles. The Balaban J connectivity index is 1.25. The van der Waals surface area contributed by atoms with Crippen LogP contribution in [0, 0.1) is 23.7 Å². The fourth-order valence-corrected chi connectivity index (χ4v) is 9.28. The van der Waals surface area contributed by atoms with Crippen molar-refractivity contribution in [3.8, 4) is 0 Å². The average molecular weight is 672 g/mol. The van der Waals surface area contributed by atoms with Gasteiger partial charge in [0, 0.05) is 37.1 Å². The molecule has 0 aromatic carbocycles. The number of nitrogens with one attached hydrogen (secondary N) is 4. The smallest absolute Gasteiger partial charge is 0.356 e. The maximum absolute atomic E-state index is 14.3. The highest BCUT2D eigenvalue weighted by molar-refractivity contribution is 8.02. The molecular weight excluding hydrogens is 627 g/mol. The molecule has 0 radical (unpaired) electrons. The number of halogens is 3. The molecule has 0 aromatic heterocycles. The number of nitrogens with zero attached hydrogens (tertiary/aromatic N) is 1. The van der Waals surface area contributed by atoms with Crippen LogP contribution >= 0.6 is 12.0 Å². The Morgan fingerprint density at radius 1 is 0.957 bits per heavy atom. The van der Waals surface area contributed by atoms with Gasteiger partial charge in [0.2, 0.25) is 17.7 Å². The standard InChI is InChI=1S/C31H44F3N5O6S/c32-31(33,34)29(44)38-23(17-7-2-1-3-8-17)27(42)39-16-19-9-6-12-21(19)24(39)26(41)37-22(15-18-13-14-35-25(18)40)30(45-46-30)28(43)36-20-10-4-5-11-20/h17-24H,1-16H2,(H,35,40)(H,36,43)(H,37,41)(H,38,44)/t18-,19-,21-,22-,23-,24-,30-/m0/s1. The summed E-state index contributed by atoms with van der Waals surface area (Å²) in [6.45, 7) is 0.696. The van der Waals surface area contributed by atoms with Crippen LogP contribution in [0.4, 0.5) is 13.2 Å². The largest absolute Gasteiger partial charge is 0.471 e. The zero-order valence-corrected chi connectivity index (χ0v) is 26.7. The van der Waals surface area contributed by atoms with E-state index in [2.05, 4.69) is 16.0 Å². The highest BCUT2D eigenvalue weighted by atomic mass is 32.2. The molecule has 3 heterocycles. The number of fused-ring (bicyclic) bond motifs is 1. The third-order valence-electron chi connectivity index (χ3n) is 11.1. The van der Waals surface area contributed by atoms with E-state index in [9.17, 15) is 37.1 Å². The number of hydrogen-bond donors (Lipinski definition) is 4. The van der Waals surface area contributed by atoms with Crippen molar-refractivity contribution in [2.75, 3.05) is 13.1 Å².